The molecule has 1 aliphatic heterocycles. The first-order valence-corrected chi connectivity index (χ1v) is 9.03. The van der Waals surface area contributed by atoms with Crippen molar-refractivity contribution < 1.29 is 36.2 Å². The van der Waals surface area contributed by atoms with Gasteiger partial charge in [-0.05, 0) is 36.4 Å². The number of carbonyl (C=O) groups excluding carboxylic acids is 1. The highest BCUT2D eigenvalue weighted by Crippen LogP contribution is 2.32. The van der Waals surface area contributed by atoms with Crippen molar-refractivity contribution in [3.8, 4) is 11.5 Å². The molecule has 1 heterocycles. The molecule has 1 aliphatic rings. The van der Waals surface area contributed by atoms with Gasteiger partial charge < -0.3 is 19.3 Å². The maximum absolute atomic E-state index is 12.9. The van der Waals surface area contributed by atoms with Gasteiger partial charge in [0, 0.05) is 37.4 Å². The van der Waals surface area contributed by atoms with Crippen LogP contribution in [0, 0.1) is 0 Å². The lowest BCUT2D eigenvalue weighted by Gasteiger charge is -2.36. The molecule has 1 saturated heterocycles. The second kappa shape index (κ2) is 8.76. The first kappa shape index (κ1) is 21.7. The van der Waals surface area contributed by atoms with Gasteiger partial charge in [0.05, 0.1) is 12.7 Å². The number of halogens is 5. The molecule has 30 heavy (non-hydrogen) atoms. The van der Waals surface area contributed by atoms with Crippen molar-refractivity contribution in [3.05, 3.63) is 53.6 Å². The molecule has 0 unspecified atom stereocenters. The van der Waals surface area contributed by atoms with E-state index in [2.05, 4.69) is 4.74 Å². The Labute approximate surface area is 169 Å². The van der Waals surface area contributed by atoms with Gasteiger partial charge in [0.15, 0.2) is 11.5 Å². The minimum atomic E-state index is -4.43. The standard InChI is InChI=1S/C20H19F5N2O3/c1-29-16-6-5-13(11-17(16)30-19(21)22)18(28)27-9-7-26(8-10-27)15-4-2-3-14(12-15)20(23,24)25/h2-6,11-12,19H,7-10H2,1H3. The number of rotatable bonds is 5. The largest absolute Gasteiger partial charge is 0.493 e. The second-order valence-corrected chi connectivity index (χ2v) is 6.57. The van der Waals surface area contributed by atoms with Gasteiger partial charge in [-0.3, -0.25) is 4.79 Å². The third-order valence-electron chi connectivity index (χ3n) is 4.73. The highest BCUT2D eigenvalue weighted by Gasteiger charge is 2.31. The van der Waals surface area contributed by atoms with Gasteiger partial charge in [-0.2, -0.15) is 22.0 Å². The Morgan fingerprint density at radius 1 is 1.00 bits per heavy atom. The molecule has 0 atom stereocenters. The van der Waals surface area contributed by atoms with Gasteiger partial charge in [-0.1, -0.05) is 6.07 Å². The van der Waals surface area contributed by atoms with Crippen molar-refractivity contribution >= 4 is 11.6 Å². The van der Waals surface area contributed by atoms with E-state index in [1.165, 1.54) is 36.3 Å². The Morgan fingerprint density at radius 2 is 1.70 bits per heavy atom. The zero-order chi connectivity index (χ0) is 21.9. The van der Waals surface area contributed by atoms with Crippen LogP contribution in [-0.4, -0.2) is 50.7 Å². The van der Waals surface area contributed by atoms with E-state index in [4.69, 9.17) is 4.74 Å². The molecular formula is C20H19F5N2O3. The third-order valence-corrected chi connectivity index (χ3v) is 4.73. The van der Waals surface area contributed by atoms with Gasteiger partial charge in [-0.25, -0.2) is 0 Å². The van der Waals surface area contributed by atoms with Gasteiger partial charge in [-0.15, -0.1) is 0 Å². The molecule has 1 amide bonds. The van der Waals surface area contributed by atoms with Crippen LogP contribution >= 0.6 is 0 Å². The number of anilines is 1. The van der Waals surface area contributed by atoms with Crippen molar-refractivity contribution in [3.63, 3.8) is 0 Å². The fraction of sp³-hybridized carbons (Fsp3) is 0.350. The predicted octanol–water partition coefficient (Wildman–Crippen LogP) is 4.28. The first-order valence-electron chi connectivity index (χ1n) is 9.03. The zero-order valence-corrected chi connectivity index (χ0v) is 16.0. The molecule has 0 radical (unpaired) electrons. The summed E-state index contributed by atoms with van der Waals surface area (Å²) < 4.78 is 73.3. The molecule has 0 N–H and O–H groups in total. The summed E-state index contributed by atoms with van der Waals surface area (Å²) in [7, 11) is 1.29. The van der Waals surface area contributed by atoms with Crippen LogP contribution in [0.25, 0.3) is 0 Å². The predicted molar refractivity (Wildman–Crippen MR) is 99.2 cm³/mol. The summed E-state index contributed by atoms with van der Waals surface area (Å²) in [5, 5.41) is 0. The van der Waals surface area contributed by atoms with E-state index in [9.17, 15) is 26.7 Å². The molecule has 3 rings (SSSR count). The molecule has 2 aromatic carbocycles. The molecule has 0 spiro atoms. The molecule has 5 nitrogen and oxygen atoms in total. The number of carbonyl (C=O) groups is 1. The van der Waals surface area contributed by atoms with Crippen LogP contribution in [0.15, 0.2) is 42.5 Å². The van der Waals surface area contributed by atoms with Crippen LogP contribution in [0.1, 0.15) is 15.9 Å². The summed E-state index contributed by atoms with van der Waals surface area (Å²) in [5.74, 6) is -0.567. The van der Waals surface area contributed by atoms with Crippen molar-refractivity contribution in [2.45, 2.75) is 12.8 Å². The van der Waals surface area contributed by atoms with Gasteiger partial charge in [0.1, 0.15) is 0 Å². The van der Waals surface area contributed by atoms with Crippen LogP contribution < -0.4 is 14.4 Å². The average Bonchev–Trinajstić information content (AvgIpc) is 2.72. The molecule has 0 aliphatic carbocycles. The van der Waals surface area contributed by atoms with Gasteiger partial charge in [0.25, 0.3) is 5.91 Å². The van der Waals surface area contributed by atoms with E-state index < -0.39 is 18.4 Å². The van der Waals surface area contributed by atoms with E-state index in [0.29, 0.717) is 18.8 Å². The normalized spacial score (nSPS) is 14.8. The highest BCUT2D eigenvalue weighted by molar-refractivity contribution is 5.95. The summed E-state index contributed by atoms with van der Waals surface area (Å²) in [6.07, 6.45) is -4.43. The molecule has 0 aromatic heterocycles. The maximum Gasteiger partial charge on any atom is 0.416 e. The van der Waals surface area contributed by atoms with Gasteiger partial charge >= 0.3 is 12.8 Å². The van der Waals surface area contributed by atoms with Crippen molar-refractivity contribution in [2.75, 3.05) is 38.2 Å². The minimum absolute atomic E-state index is 0.0706. The lowest BCUT2D eigenvalue weighted by molar-refractivity contribution is -0.137. The summed E-state index contributed by atoms with van der Waals surface area (Å²) >= 11 is 0. The summed E-state index contributed by atoms with van der Waals surface area (Å²) in [6, 6.07) is 9.01. The van der Waals surface area contributed by atoms with E-state index in [-0.39, 0.29) is 36.1 Å². The summed E-state index contributed by atoms with van der Waals surface area (Å²) in [6.45, 7) is -1.86. The van der Waals surface area contributed by atoms with Crippen LogP contribution in [0.2, 0.25) is 0 Å². The number of piperazine rings is 1. The maximum atomic E-state index is 12.9. The van der Waals surface area contributed by atoms with Gasteiger partial charge in [0.2, 0.25) is 0 Å². The molecule has 0 bridgehead atoms. The lowest BCUT2D eigenvalue weighted by atomic mass is 10.1. The fourth-order valence-electron chi connectivity index (χ4n) is 3.23. The highest BCUT2D eigenvalue weighted by atomic mass is 19.4. The van der Waals surface area contributed by atoms with E-state index in [1.54, 1.807) is 11.0 Å². The Hall–Kier alpha value is -3.04. The van der Waals surface area contributed by atoms with Crippen LogP contribution in [0.3, 0.4) is 0 Å². The number of benzene rings is 2. The number of amides is 1. The summed E-state index contributed by atoms with van der Waals surface area (Å²) in [4.78, 5) is 16.0. The van der Waals surface area contributed by atoms with Crippen LogP contribution in [0.5, 0.6) is 11.5 Å². The SMILES string of the molecule is COc1ccc(C(=O)N2CCN(c3cccc(C(F)(F)F)c3)CC2)cc1OC(F)F. The van der Waals surface area contributed by atoms with E-state index in [1.807, 2.05) is 0 Å². The second-order valence-electron chi connectivity index (χ2n) is 6.57. The number of alkyl halides is 5. The number of ether oxygens (including phenoxy) is 2. The Bertz CT molecular complexity index is 896. The number of nitrogens with zero attached hydrogens (tertiary/aromatic N) is 2. The van der Waals surface area contributed by atoms with Crippen LogP contribution in [-0.2, 0) is 6.18 Å². The Balaban J connectivity index is 1.69. The summed E-state index contributed by atoms with van der Waals surface area (Å²) in [5.41, 5.74) is -0.156. The molecular weight excluding hydrogens is 411 g/mol. The third kappa shape index (κ3) is 4.92. The van der Waals surface area contributed by atoms with E-state index >= 15 is 0 Å². The van der Waals surface area contributed by atoms with E-state index in [0.717, 1.165) is 12.1 Å². The Morgan fingerprint density at radius 3 is 2.30 bits per heavy atom. The lowest BCUT2D eigenvalue weighted by Crippen LogP contribution is -2.48. The smallest absolute Gasteiger partial charge is 0.416 e. The van der Waals surface area contributed by atoms with Crippen LogP contribution in [0.4, 0.5) is 27.6 Å². The molecule has 0 saturated carbocycles. The Kier molecular flexibility index (Phi) is 6.33. The monoisotopic (exact) mass is 430 g/mol. The minimum Gasteiger partial charge on any atom is -0.493 e. The van der Waals surface area contributed by atoms with Crippen molar-refractivity contribution in [1.82, 2.24) is 4.90 Å². The van der Waals surface area contributed by atoms with Crippen molar-refractivity contribution in [2.24, 2.45) is 0 Å². The number of hydrogen-bond donors (Lipinski definition) is 0. The quantitative estimate of drug-likeness (QED) is 0.665. The molecule has 162 valence electrons. The average molecular weight is 430 g/mol. The zero-order valence-electron chi connectivity index (χ0n) is 16.0. The number of methoxy groups -OCH3 is 1. The number of hydrogen-bond acceptors (Lipinski definition) is 4. The fourth-order valence-corrected chi connectivity index (χ4v) is 3.23. The molecule has 2 aromatic rings. The molecule has 10 heteroatoms. The topological polar surface area (TPSA) is 42.0 Å². The first-order chi connectivity index (χ1) is 14.2. The van der Waals surface area contributed by atoms with Crippen molar-refractivity contribution in [1.29, 1.82) is 0 Å². The molecule has 1 fully saturated rings.